The lowest BCUT2D eigenvalue weighted by Crippen LogP contribution is -2.29. The van der Waals surface area contributed by atoms with Crippen molar-refractivity contribution < 1.29 is 14.0 Å². The summed E-state index contributed by atoms with van der Waals surface area (Å²) in [7, 11) is 0. The molecule has 0 spiro atoms. The lowest BCUT2D eigenvalue weighted by atomic mass is 10.1. The summed E-state index contributed by atoms with van der Waals surface area (Å²) >= 11 is 0. The van der Waals surface area contributed by atoms with Gasteiger partial charge in [0, 0.05) is 17.5 Å². The number of carbonyl (C=O) groups is 2. The highest BCUT2D eigenvalue weighted by atomic mass is 16.3. The van der Waals surface area contributed by atoms with Gasteiger partial charge in [-0.1, -0.05) is 24.3 Å². The Morgan fingerprint density at radius 1 is 0.800 bits per heavy atom. The predicted molar refractivity (Wildman–Crippen MR) is 75.4 cm³/mol. The molecule has 0 fully saturated rings. The van der Waals surface area contributed by atoms with Crippen molar-refractivity contribution in [2.45, 2.75) is 0 Å². The smallest absolute Gasteiger partial charge is 0.258 e. The highest BCUT2D eigenvalue weighted by molar-refractivity contribution is 6.31. The van der Waals surface area contributed by atoms with Gasteiger partial charge in [0.15, 0.2) is 0 Å². The van der Waals surface area contributed by atoms with Crippen LogP contribution < -0.4 is 4.90 Å². The highest BCUT2D eigenvalue weighted by Crippen LogP contribution is 2.36. The van der Waals surface area contributed by atoms with Crippen molar-refractivity contribution in [3.63, 3.8) is 0 Å². The molecule has 2 heterocycles. The third-order valence-corrected chi connectivity index (χ3v) is 3.43. The molecule has 4 rings (SSSR count). The minimum absolute atomic E-state index is 0.326. The largest absolute Gasteiger partial charge is 0.456 e. The second-order valence-electron chi connectivity index (χ2n) is 4.59. The van der Waals surface area contributed by atoms with Crippen molar-refractivity contribution in [3.05, 3.63) is 54.6 Å². The third-order valence-electron chi connectivity index (χ3n) is 3.43. The summed E-state index contributed by atoms with van der Waals surface area (Å²) in [4.78, 5) is 24.9. The number of imide groups is 1. The van der Waals surface area contributed by atoms with Gasteiger partial charge in [-0.05, 0) is 18.2 Å². The number of amides is 2. The van der Waals surface area contributed by atoms with E-state index in [0.717, 1.165) is 16.4 Å². The number of anilines is 1. The third kappa shape index (κ3) is 1.36. The standard InChI is InChI=1S/C16H9NO3/c18-14-8-9-15(19)17(14)11-5-3-7-13-16(11)10-4-1-2-6-12(10)20-13/h1-9H. The van der Waals surface area contributed by atoms with E-state index < -0.39 is 0 Å². The molecule has 0 unspecified atom stereocenters. The van der Waals surface area contributed by atoms with E-state index in [1.165, 1.54) is 17.1 Å². The van der Waals surface area contributed by atoms with Crippen molar-refractivity contribution >= 4 is 39.4 Å². The number of nitrogens with zero attached hydrogens (tertiary/aromatic N) is 1. The Morgan fingerprint density at radius 3 is 2.30 bits per heavy atom. The minimum Gasteiger partial charge on any atom is -0.456 e. The average molecular weight is 263 g/mol. The van der Waals surface area contributed by atoms with Gasteiger partial charge >= 0.3 is 0 Å². The van der Waals surface area contributed by atoms with Gasteiger partial charge in [0.1, 0.15) is 11.2 Å². The summed E-state index contributed by atoms with van der Waals surface area (Å²) in [5.74, 6) is -0.652. The monoisotopic (exact) mass is 263 g/mol. The van der Waals surface area contributed by atoms with E-state index in [0.29, 0.717) is 11.3 Å². The number of fused-ring (bicyclic) bond motifs is 3. The number of para-hydroxylation sites is 1. The summed E-state index contributed by atoms with van der Waals surface area (Å²) in [5.41, 5.74) is 1.96. The van der Waals surface area contributed by atoms with Crippen LogP contribution >= 0.6 is 0 Å². The molecule has 4 heteroatoms. The minimum atomic E-state index is -0.326. The fourth-order valence-electron chi connectivity index (χ4n) is 2.58. The molecular weight excluding hydrogens is 254 g/mol. The van der Waals surface area contributed by atoms with E-state index in [-0.39, 0.29) is 11.8 Å². The quantitative estimate of drug-likeness (QED) is 0.634. The van der Waals surface area contributed by atoms with Gasteiger partial charge < -0.3 is 4.42 Å². The summed E-state index contributed by atoms with van der Waals surface area (Å²) in [6.45, 7) is 0. The van der Waals surface area contributed by atoms with Crippen LogP contribution in [0.4, 0.5) is 5.69 Å². The molecule has 0 radical (unpaired) electrons. The molecule has 0 saturated carbocycles. The molecule has 20 heavy (non-hydrogen) atoms. The normalized spacial score (nSPS) is 14.9. The first-order valence-electron chi connectivity index (χ1n) is 6.22. The van der Waals surface area contributed by atoms with Crippen molar-refractivity contribution in [2.75, 3.05) is 4.90 Å². The lowest BCUT2D eigenvalue weighted by Gasteiger charge is -2.14. The van der Waals surface area contributed by atoms with Gasteiger partial charge in [-0.3, -0.25) is 9.59 Å². The van der Waals surface area contributed by atoms with Crippen molar-refractivity contribution in [3.8, 4) is 0 Å². The van der Waals surface area contributed by atoms with Gasteiger partial charge in [0.05, 0.1) is 11.1 Å². The number of hydrogen-bond acceptors (Lipinski definition) is 3. The van der Waals surface area contributed by atoms with Crippen LogP contribution in [0, 0.1) is 0 Å². The molecule has 1 aliphatic rings. The number of hydrogen-bond donors (Lipinski definition) is 0. The van der Waals surface area contributed by atoms with E-state index in [9.17, 15) is 9.59 Å². The van der Waals surface area contributed by atoms with E-state index in [4.69, 9.17) is 4.42 Å². The molecule has 0 saturated heterocycles. The summed E-state index contributed by atoms with van der Waals surface area (Å²) in [5, 5.41) is 1.68. The number of benzene rings is 2. The second-order valence-corrected chi connectivity index (χ2v) is 4.59. The van der Waals surface area contributed by atoms with Crippen LogP contribution in [0.25, 0.3) is 21.9 Å². The molecule has 0 aliphatic carbocycles. The molecule has 0 atom stereocenters. The first-order valence-corrected chi connectivity index (χ1v) is 6.22. The first kappa shape index (κ1) is 11.0. The molecular formula is C16H9NO3. The maximum Gasteiger partial charge on any atom is 0.258 e. The Labute approximate surface area is 113 Å². The Morgan fingerprint density at radius 2 is 1.50 bits per heavy atom. The Kier molecular flexibility index (Phi) is 2.09. The Hall–Kier alpha value is -2.88. The zero-order valence-electron chi connectivity index (χ0n) is 10.4. The van der Waals surface area contributed by atoms with E-state index in [1.54, 1.807) is 12.1 Å². The maximum atomic E-state index is 11.9. The topological polar surface area (TPSA) is 50.5 Å². The molecule has 3 aromatic rings. The fraction of sp³-hybridized carbons (Fsp3) is 0. The molecule has 0 N–H and O–H groups in total. The second kappa shape index (κ2) is 3.81. The SMILES string of the molecule is O=C1C=CC(=O)N1c1cccc2oc3ccccc3c12. The van der Waals surface area contributed by atoms with Crippen LogP contribution in [0.3, 0.4) is 0 Å². The summed E-state index contributed by atoms with van der Waals surface area (Å²) < 4.78 is 5.75. The first-order chi connectivity index (χ1) is 9.75. The van der Waals surface area contributed by atoms with Gasteiger partial charge in [-0.25, -0.2) is 4.90 Å². The fourth-order valence-corrected chi connectivity index (χ4v) is 2.58. The molecule has 0 bridgehead atoms. The summed E-state index contributed by atoms with van der Waals surface area (Å²) in [6.07, 6.45) is 2.56. The Bertz CT molecular complexity index is 886. The van der Waals surface area contributed by atoms with Crippen molar-refractivity contribution in [1.82, 2.24) is 0 Å². The molecule has 2 amide bonds. The van der Waals surface area contributed by atoms with Gasteiger partial charge in [0.25, 0.3) is 11.8 Å². The van der Waals surface area contributed by atoms with Crippen LogP contribution in [0.15, 0.2) is 59.0 Å². The molecule has 96 valence electrons. The van der Waals surface area contributed by atoms with Crippen LogP contribution in [-0.2, 0) is 9.59 Å². The van der Waals surface area contributed by atoms with Crippen LogP contribution in [0.5, 0.6) is 0 Å². The Balaban J connectivity index is 2.09. The predicted octanol–water partition coefficient (Wildman–Crippen LogP) is 3.02. The van der Waals surface area contributed by atoms with Crippen LogP contribution in [0.1, 0.15) is 0 Å². The van der Waals surface area contributed by atoms with Crippen molar-refractivity contribution in [2.24, 2.45) is 0 Å². The lowest BCUT2D eigenvalue weighted by molar-refractivity contribution is -0.119. The zero-order chi connectivity index (χ0) is 13.7. The molecule has 4 nitrogen and oxygen atoms in total. The van der Waals surface area contributed by atoms with Gasteiger partial charge in [-0.2, -0.15) is 0 Å². The molecule has 1 aromatic heterocycles. The van der Waals surface area contributed by atoms with Crippen LogP contribution in [-0.4, -0.2) is 11.8 Å². The van der Waals surface area contributed by atoms with Crippen molar-refractivity contribution in [1.29, 1.82) is 0 Å². The highest BCUT2D eigenvalue weighted by Gasteiger charge is 2.27. The number of rotatable bonds is 1. The van der Waals surface area contributed by atoms with Gasteiger partial charge in [-0.15, -0.1) is 0 Å². The summed E-state index contributed by atoms with van der Waals surface area (Å²) in [6, 6.07) is 12.9. The number of carbonyl (C=O) groups excluding carboxylic acids is 2. The number of furan rings is 1. The zero-order valence-corrected chi connectivity index (χ0v) is 10.4. The molecule has 2 aromatic carbocycles. The van der Waals surface area contributed by atoms with E-state index in [1.807, 2.05) is 30.3 Å². The van der Waals surface area contributed by atoms with Crippen LogP contribution in [0.2, 0.25) is 0 Å². The maximum absolute atomic E-state index is 11.9. The molecule has 1 aliphatic heterocycles. The van der Waals surface area contributed by atoms with Gasteiger partial charge in [0.2, 0.25) is 0 Å². The van der Waals surface area contributed by atoms with E-state index in [2.05, 4.69) is 0 Å². The average Bonchev–Trinajstić information content (AvgIpc) is 2.99. The van der Waals surface area contributed by atoms with E-state index >= 15 is 0 Å².